The molecule has 0 amide bonds. The average Bonchev–Trinajstić information content (AvgIpc) is 2.45. The summed E-state index contributed by atoms with van der Waals surface area (Å²) >= 11 is 0. The largest absolute Gasteiger partial charge is 0.416 e. The Bertz CT molecular complexity index is 410. The third kappa shape index (κ3) is 3.70. The van der Waals surface area contributed by atoms with Crippen LogP contribution in [-0.4, -0.2) is 37.8 Å². The number of hydrogen-bond acceptors (Lipinski definition) is 2. The van der Waals surface area contributed by atoms with E-state index < -0.39 is 18.4 Å². The van der Waals surface area contributed by atoms with Crippen molar-refractivity contribution in [3.8, 4) is 0 Å². The lowest BCUT2D eigenvalue weighted by Gasteiger charge is -2.35. The van der Waals surface area contributed by atoms with Gasteiger partial charge in [0.2, 0.25) is 0 Å². The predicted molar refractivity (Wildman–Crippen MR) is 69.2 cm³/mol. The van der Waals surface area contributed by atoms with Crippen LogP contribution in [0.3, 0.4) is 0 Å². The second-order valence-electron chi connectivity index (χ2n) is 4.90. The van der Waals surface area contributed by atoms with Crippen molar-refractivity contribution < 1.29 is 17.6 Å². The second kappa shape index (κ2) is 6.54. The zero-order chi connectivity index (χ0) is 14.6. The molecule has 1 aromatic carbocycles. The van der Waals surface area contributed by atoms with Gasteiger partial charge < -0.3 is 5.32 Å². The quantitative estimate of drug-likeness (QED) is 0.858. The fraction of sp³-hybridized carbons (Fsp3) is 0.571. The van der Waals surface area contributed by atoms with Crippen molar-refractivity contribution in [1.82, 2.24) is 10.2 Å². The molecule has 1 heterocycles. The van der Waals surface area contributed by atoms with Gasteiger partial charge in [-0.15, -0.1) is 0 Å². The first kappa shape index (κ1) is 15.3. The monoisotopic (exact) mass is 290 g/mol. The predicted octanol–water partition coefficient (Wildman–Crippen LogP) is 3.01. The van der Waals surface area contributed by atoms with Gasteiger partial charge >= 0.3 is 6.18 Å². The molecule has 1 saturated heterocycles. The van der Waals surface area contributed by atoms with Gasteiger partial charge in [0, 0.05) is 32.2 Å². The number of hydrogen-bond donors (Lipinski definition) is 1. The molecule has 1 aromatic rings. The standard InChI is InChI=1S/C14H18F4N2/c15-6-5-13(20-9-7-19-8-10-20)11-1-3-12(4-2-11)14(16,17)18/h1-4,13,19H,5-10H2/t13-/m1/s1. The first-order chi connectivity index (χ1) is 9.52. The molecule has 1 atom stereocenters. The third-order valence-corrected chi connectivity index (χ3v) is 3.60. The molecule has 1 fully saturated rings. The van der Waals surface area contributed by atoms with Crippen LogP contribution in [0.15, 0.2) is 24.3 Å². The van der Waals surface area contributed by atoms with Gasteiger partial charge in [0.15, 0.2) is 0 Å². The van der Waals surface area contributed by atoms with Crippen molar-refractivity contribution >= 4 is 0 Å². The summed E-state index contributed by atoms with van der Waals surface area (Å²) in [7, 11) is 0. The van der Waals surface area contributed by atoms with Crippen molar-refractivity contribution in [2.24, 2.45) is 0 Å². The summed E-state index contributed by atoms with van der Waals surface area (Å²) in [6.07, 6.45) is -4.02. The fourth-order valence-corrected chi connectivity index (χ4v) is 2.55. The molecule has 0 bridgehead atoms. The van der Waals surface area contributed by atoms with Crippen molar-refractivity contribution in [3.05, 3.63) is 35.4 Å². The van der Waals surface area contributed by atoms with Crippen molar-refractivity contribution in [2.45, 2.75) is 18.6 Å². The number of nitrogens with one attached hydrogen (secondary N) is 1. The van der Waals surface area contributed by atoms with E-state index >= 15 is 0 Å². The Morgan fingerprint density at radius 3 is 2.20 bits per heavy atom. The number of rotatable bonds is 4. The normalized spacial score (nSPS) is 19.0. The highest BCUT2D eigenvalue weighted by atomic mass is 19.4. The Labute approximate surface area is 115 Å². The van der Waals surface area contributed by atoms with Crippen molar-refractivity contribution in [2.75, 3.05) is 32.9 Å². The topological polar surface area (TPSA) is 15.3 Å². The Balaban J connectivity index is 2.16. The van der Waals surface area contributed by atoms with E-state index in [-0.39, 0.29) is 6.04 Å². The first-order valence-electron chi connectivity index (χ1n) is 6.70. The maximum absolute atomic E-state index is 12.7. The molecule has 2 rings (SSSR count). The average molecular weight is 290 g/mol. The van der Waals surface area contributed by atoms with Crippen LogP contribution >= 0.6 is 0 Å². The van der Waals surface area contributed by atoms with Crippen molar-refractivity contribution in [3.63, 3.8) is 0 Å². The smallest absolute Gasteiger partial charge is 0.314 e. The number of piperazine rings is 1. The van der Waals surface area contributed by atoms with Gasteiger partial charge in [0.05, 0.1) is 12.2 Å². The molecule has 1 N–H and O–H groups in total. The lowest BCUT2D eigenvalue weighted by atomic mass is 10.00. The number of benzene rings is 1. The zero-order valence-corrected chi connectivity index (χ0v) is 11.1. The summed E-state index contributed by atoms with van der Waals surface area (Å²) in [5.74, 6) is 0. The minimum Gasteiger partial charge on any atom is -0.314 e. The molecule has 0 saturated carbocycles. The Kier molecular flexibility index (Phi) is 4.99. The highest BCUT2D eigenvalue weighted by Crippen LogP contribution is 2.31. The summed E-state index contributed by atoms with van der Waals surface area (Å²) in [6, 6.07) is 4.92. The van der Waals surface area contributed by atoms with Crippen LogP contribution in [-0.2, 0) is 6.18 Å². The minimum absolute atomic E-state index is 0.149. The van der Waals surface area contributed by atoms with E-state index in [9.17, 15) is 17.6 Å². The molecule has 112 valence electrons. The Hall–Kier alpha value is -1.14. The van der Waals surface area contributed by atoms with Gasteiger partial charge in [0.1, 0.15) is 0 Å². The van der Waals surface area contributed by atoms with Gasteiger partial charge in [-0.2, -0.15) is 13.2 Å². The van der Waals surface area contributed by atoms with E-state index in [1.807, 2.05) is 0 Å². The van der Waals surface area contributed by atoms with E-state index in [0.717, 1.165) is 43.9 Å². The maximum atomic E-state index is 12.7. The van der Waals surface area contributed by atoms with E-state index in [0.29, 0.717) is 6.42 Å². The Morgan fingerprint density at radius 2 is 1.70 bits per heavy atom. The summed E-state index contributed by atoms with van der Waals surface area (Å²) in [5, 5.41) is 3.21. The second-order valence-corrected chi connectivity index (χ2v) is 4.90. The summed E-state index contributed by atoms with van der Waals surface area (Å²) in [4.78, 5) is 2.12. The van der Waals surface area contributed by atoms with E-state index in [1.54, 1.807) is 0 Å². The lowest BCUT2D eigenvalue weighted by Crippen LogP contribution is -2.45. The molecule has 6 heteroatoms. The summed E-state index contributed by atoms with van der Waals surface area (Å²) < 4.78 is 50.4. The van der Waals surface area contributed by atoms with Crippen molar-refractivity contribution in [1.29, 1.82) is 0 Å². The van der Waals surface area contributed by atoms with Gasteiger partial charge in [-0.25, -0.2) is 0 Å². The lowest BCUT2D eigenvalue weighted by molar-refractivity contribution is -0.137. The summed E-state index contributed by atoms with van der Waals surface area (Å²) in [6.45, 7) is 2.74. The molecule has 0 aliphatic carbocycles. The van der Waals surface area contributed by atoms with Crippen LogP contribution in [0.25, 0.3) is 0 Å². The van der Waals surface area contributed by atoms with Crippen LogP contribution in [0, 0.1) is 0 Å². The molecule has 0 unspecified atom stereocenters. The molecule has 20 heavy (non-hydrogen) atoms. The minimum atomic E-state index is -4.33. The van der Waals surface area contributed by atoms with Crippen LogP contribution in [0.2, 0.25) is 0 Å². The molecule has 1 aliphatic heterocycles. The van der Waals surface area contributed by atoms with E-state index in [2.05, 4.69) is 10.2 Å². The van der Waals surface area contributed by atoms with Crippen LogP contribution in [0.1, 0.15) is 23.6 Å². The SMILES string of the molecule is FCC[C@H](c1ccc(C(F)(F)F)cc1)N1CCNCC1. The van der Waals surface area contributed by atoms with Crippen LogP contribution < -0.4 is 5.32 Å². The molecular formula is C14H18F4N2. The Morgan fingerprint density at radius 1 is 1.10 bits per heavy atom. The van der Waals surface area contributed by atoms with Crippen LogP contribution in [0.4, 0.5) is 17.6 Å². The summed E-state index contributed by atoms with van der Waals surface area (Å²) in [5.41, 5.74) is 0.0816. The fourth-order valence-electron chi connectivity index (χ4n) is 2.55. The number of halogens is 4. The van der Waals surface area contributed by atoms with E-state index in [4.69, 9.17) is 0 Å². The molecular weight excluding hydrogens is 272 g/mol. The first-order valence-corrected chi connectivity index (χ1v) is 6.70. The highest BCUT2D eigenvalue weighted by molar-refractivity contribution is 5.27. The molecule has 0 aromatic heterocycles. The maximum Gasteiger partial charge on any atom is 0.416 e. The van der Waals surface area contributed by atoms with E-state index in [1.165, 1.54) is 12.1 Å². The van der Waals surface area contributed by atoms with Gasteiger partial charge in [-0.3, -0.25) is 9.29 Å². The molecule has 0 radical (unpaired) electrons. The van der Waals surface area contributed by atoms with Crippen LogP contribution in [0.5, 0.6) is 0 Å². The third-order valence-electron chi connectivity index (χ3n) is 3.60. The number of alkyl halides is 4. The van der Waals surface area contributed by atoms with Gasteiger partial charge in [-0.1, -0.05) is 12.1 Å². The number of nitrogens with zero attached hydrogens (tertiary/aromatic N) is 1. The van der Waals surface area contributed by atoms with Gasteiger partial charge in [-0.05, 0) is 24.1 Å². The van der Waals surface area contributed by atoms with Gasteiger partial charge in [0.25, 0.3) is 0 Å². The zero-order valence-electron chi connectivity index (χ0n) is 11.1. The molecule has 2 nitrogen and oxygen atoms in total. The molecule has 1 aliphatic rings. The molecule has 0 spiro atoms. The highest BCUT2D eigenvalue weighted by Gasteiger charge is 2.30.